The third-order valence-corrected chi connectivity index (χ3v) is 9.28. The smallest absolute Gasteiger partial charge is 0.374 e. The third-order valence-electron chi connectivity index (χ3n) is 9.28. The van der Waals surface area contributed by atoms with Gasteiger partial charge in [-0.05, 0) is 41.9 Å². The van der Waals surface area contributed by atoms with Crippen molar-refractivity contribution in [1.82, 2.24) is 19.9 Å². The molecule has 8 heteroatoms. The maximum Gasteiger partial charge on any atom is 0.374 e. The van der Waals surface area contributed by atoms with Crippen LogP contribution in [0.4, 0.5) is 0 Å². The molecule has 0 spiro atoms. The van der Waals surface area contributed by atoms with Gasteiger partial charge in [0.2, 0.25) is 11.6 Å². The van der Waals surface area contributed by atoms with Crippen molar-refractivity contribution < 1.29 is 19.1 Å². The first kappa shape index (κ1) is 26.4. The Labute approximate surface area is 214 Å². The lowest BCUT2D eigenvalue weighted by Gasteiger charge is -2.62. The Balaban J connectivity index is 1.75. The normalized spacial score (nSPS) is 32.3. The molecule has 0 bridgehead atoms. The van der Waals surface area contributed by atoms with Crippen molar-refractivity contribution in [3.63, 3.8) is 0 Å². The van der Waals surface area contributed by atoms with Crippen LogP contribution >= 0.6 is 0 Å². The second kappa shape index (κ2) is 10.4. The number of imidazole rings is 2. The fraction of sp³-hybridized carbons (Fsp3) is 0.714. The first-order valence-electron chi connectivity index (χ1n) is 13.5. The minimum Gasteiger partial charge on any atom is -0.452 e. The number of nitrogens with one attached hydrogen (secondary N) is 2. The topological polar surface area (TPSA) is 110 Å². The van der Waals surface area contributed by atoms with Crippen molar-refractivity contribution in [3.05, 3.63) is 36.4 Å². The van der Waals surface area contributed by atoms with Crippen LogP contribution in [-0.4, -0.2) is 44.1 Å². The highest BCUT2D eigenvalue weighted by Crippen LogP contribution is 2.63. The summed E-state index contributed by atoms with van der Waals surface area (Å²) in [5, 5.41) is 0. The van der Waals surface area contributed by atoms with Crippen LogP contribution < -0.4 is 0 Å². The van der Waals surface area contributed by atoms with Crippen molar-refractivity contribution in [3.8, 4) is 0 Å². The van der Waals surface area contributed by atoms with Gasteiger partial charge in [0.1, 0.15) is 12.2 Å². The molecule has 36 heavy (non-hydrogen) atoms. The number of aromatic amines is 2. The lowest BCUT2D eigenvalue weighted by Crippen LogP contribution is -2.64. The van der Waals surface area contributed by atoms with Gasteiger partial charge in [0.15, 0.2) is 0 Å². The van der Waals surface area contributed by atoms with Gasteiger partial charge in [0, 0.05) is 36.6 Å². The Bertz CT molecular complexity index is 1020. The van der Waals surface area contributed by atoms with E-state index in [9.17, 15) is 9.59 Å². The number of hydrogen-bond donors (Lipinski definition) is 2. The lowest BCUT2D eigenvalue weighted by atomic mass is 9.44. The van der Waals surface area contributed by atoms with E-state index in [2.05, 4.69) is 61.5 Å². The summed E-state index contributed by atoms with van der Waals surface area (Å²) in [5.74, 6) is 0.298. The van der Waals surface area contributed by atoms with Crippen LogP contribution in [0, 0.1) is 34.5 Å². The van der Waals surface area contributed by atoms with E-state index in [1.807, 2.05) is 0 Å². The van der Waals surface area contributed by atoms with Crippen LogP contribution in [-0.2, 0) is 9.47 Å². The molecule has 2 fully saturated rings. The first-order valence-corrected chi connectivity index (χ1v) is 13.5. The summed E-state index contributed by atoms with van der Waals surface area (Å²) in [7, 11) is 0. The number of fused-ring (bicyclic) bond motifs is 1. The molecular formula is C28H42N4O4. The SMILES string of the molecule is CC[C@@H](C)CC[C@H]1[C@@H](C)[C@H](OC(=O)c2ncc[nH]2)[C@H](OC(=O)c2ncc[nH]2)[C@H]2C(C)(C)CCC[C@]12C. The maximum absolute atomic E-state index is 13.2. The quantitative estimate of drug-likeness (QED) is 0.445. The van der Waals surface area contributed by atoms with Crippen LogP contribution in [0.1, 0.15) is 101 Å². The predicted molar refractivity (Wildman–Crippen MR) is 136 cm³/mol. The minimum atomic E-state index is -0.586. The Morgan fingerprint density at radius 3 is 2.14 bits per heavy atom. The van der Waals surface area contributed by atoms with Gasteiger partial charge in [-0.1, -0.05) is 60.8 Å². The Morgan fingerprint density at radius 1 is 1.03 bits per heavy atom. The second-order valence-electron chi connectivity index (χ2n) is 12.0. The zero-order valence-corrected chi connectivity index (χ0v) is 22.5. The van der Waals surface area contributed by atoms with Gasteiger partial charge in [0.25, 0.3) is 0 Å². The summed E-state index contributed by atoms with van der Waals surface area (Å²) >= 11 is 0. The predicted octanol–water partition coefficient (Wildman–Crippen LogP) is 5.81. The molecule has 2 heterocycles. The summed E-state index contributed by atoms with van der Waals surface area (Å²) in [6, 6.07) is 0. The number of ether oxygens (including phenoxy) is 2. The Kier molecular flexibility index (Phi) is 7.62. The van der Waals surface area contributed by atoms with Gasteiger partial charge < -0.3 is 19.4 Å². The molecule has 2 aliphatic carbocycles. The highest BCUT2D eigenvalue weighted by molar-refractivity contribution is 5.86. The van der Waals surface area contributed by atoms with E-state index >= 15 is 0 Å². The monoisotopic (exact) mass is 498 g/mol. The molecule has 2 aromatic heterocycles. The minimum absolute atomic E-state index is 0.0116. The number of carbonyl (C=O) groups is 2. The number of aromatic nitrogens is 4. The summed E-state index contributed by atoms with van der Waals surface area (Å²) in [6.45, 7) is 13.6. The van der Waals surface area contributed by atoms with Crippen molar-refractivity contribution in [2.24, 2.45) is 34.5 Å². The molecular weight excluding hydrogens is 456 g/mol. The van der Waals surface area contributed by atoms with Crippen molar-refractivity contribution >= 4 is 11.9 Å². The van der Waals surface area contributed by atoms with Gasteiger partial charge in [0.05, 0.1) is 0 Å². The van der Waals surface area contributed by atoms with E-state index < -0.39 is 24.1 Å². The van der Waals surface area contributed by atoms with Gasteiger partial charge in [-0.2, -0.15) is 0 Å². The second-order valence-corrected chi connectivity index (χ2v) is 12.0. The van der Waals surface area contributed by atoms with Crippen molar-refractivity contribution in [1.29, 1.82) is 0 Å². The molecule has 7 atom stereocenters. The molecule has 0 amide bonds. The van der Waals surface area contributed by atoms with E-state index in [4.69, 9.17) is 9.47 Å². The number of hydrogen-bond acceptors (Lipinski definition) is 6. The average molecular weight is 499 g/mol. The number of H-pyrrole nitrogens is 2. The molecule has 2 aliphatic rings. The summed E-state index contributed by atoms with van der Waals surface area (Å²) in [5.41, 5.74) is -0.137. The molecule has 0 saturated heterocycles. The number of esters is 2. The Morgan fingerprint density at radius 2 is 1.61 bits per heavy atom. The molecule has 2 N–H and O–H groups in total. The van der Waals surface area contributed by atoms with Crippen LogP contribution in [0.15, 0.2) is 24.8 Å². The first-order chi connectivity index (χ1) is 17.1. The van der Waals surface area contributed by atoms with E-state index in [0.717, 1.165) is 38.5 Å². The molecule has 0 unspecified atom stereocenters. The van der Waals surface area contributed by atoms with Crippen LogP contribution in [0.5, 0.6) is 0 Å². The van der Waals surface area contributed by atoms with E-state index in [0.29, 0.717) is 11.8 Å². The van der Waals surface area contributed by atoms with Crippen molar-refractivity contribution in [2.45, 2.75) is 92.3 Å². The molecule has 198 valence electrons. The molecule has 8 nitrogen and oxygen atoms in total. The molecule has 4 rings (SSSR count). The lowest BCUT2D eigenvalue weighted by molar-refractivity contribution is -0.209. The fourth-order valence-electron chi connectivity index (χ4n) is 7.37. The largest absolute Gasteiger partial charge is 0.452 e. The Hall–Kier alpha value is -2.64. The highest BCUT2D eigenvalue weighted by atomic mass is 16.6. The zero-order chi connectivity index (χ0) is 26.1. The molecule has 0 aromatic carbocycles. The summed E-state index contributed by atoms with van der Waals surface area (Å²) in [6.07, 6.45) is 11.7. The number of rotatable bonds is 8. The summed E-state index contributed by atoms with van der Waals surface area (Å²) < 4.78 is 12.5. The molecule has 2 saturated carbocycles. The van der Waals surface area contributed by atoms with Gasteiger partial charge in [-0.25, -0.2) is 19.6 Å². The summed E-state index contributed by atoms with van der Waals surface area (Å²) in [4.78, 5) is 40.2. The molecule has 0 aliphatic heterocycles. The maximum atomic E-state index is 13.2. The van der Waals surface area contributed by atoms with Crippen LogP contribution in [0.25, 0.3) is 0 Å². The molecule has 0 radical (unpaired) electrons. The van der Waals surface area contributed by atoms with Crippen molar-refractivity contribution in [2.75, 3.05) is 0 Å². The van der Waals surface area contributed by atoms with E-state index in [1.54, 1.807) is 12.4 Å². The third kappa shape index (κ3) is 4.96. The standard InChI is InChI=1S/C28H42N4O4/c1-7-17(2)9-10-19-18(3)20(35-25(33)23-29-13-14-30-23)21(36-26(34)24-31-15-16-32-24)22-27(4,5)11-8-12-28(19,22)6/h13-22H,7-12H2,1-6H3,(H,29,30)(H,31,32)/t17-,18-,19+,20+,21+,22+,28-/m1/s1. The van der Waals surface area contributed by atoms with E-state index in [1.165, 1.54) is 12.4 Å². The molecule has 2 aromatic rings. The number of carbonyl (C=O) groups excluding carboxylic acids is 2. The average Bonchev–Trinajstić information content (AvgIpc) is 3.55. The fourth-order valence-corrected chi connectivity index (χ4v) is 7.37. The van der Waals surface area contributed by atoms with Gasteiger partial charge >= 0.3 is 11.9 Å². The van der Waals surface area contributed by atoms with Crippen LogP contribution in [0.3, 0.4) is 0 Å². The van der Waals surface area contributed by atoms with Gasteiger partial charge in [-0.15, -0.1) is 0 Å². The zero-order valence-electron chi connectivity index (χ0n) is 22.5. The highest BCUT2D eigenvalue weighted by Gasteiger charge is 2.63. The van der Waals surface area contributed by atoms with Gasteiger partial charge in [-0.3, -0.25) is 0 Å². The van der Waals surface area contributed by atoms with E-state index in [-0.39, 0.29) is 34.3 Å². The number of nitrogens with zero attached hydrogens (tertiary/aromatic N) is 2. The van der Waals surface area contributed by atoms with Crippen LogP contribution in [0.2, 0.25) is 0 Å².